The molecule has 1 unspecified atom stereocenters. The zero-order chi connectivity index (χ0) is 108. The number of esters is 1. The number of hydrogen-bond acceptors (Lipinski definition) is 6. The van der Waals surface area contributed by atoms with Gasteiger partial charge in [0.2, 0.25) is 0 Å². The Morgan fingerprint density at radius 2 is 0.547 bits per heavy atom. The van der Waals surface area contributed by atoms with Crippen molar-refractivity contribution in [3.63, 3.8) is 0 Å². The number of benzene rings is 13. The Morgan fingerprint density at radius 1 is 0.295 bits per heavy atom. The van der Waals surface area contributed by atoms with Gasteiger partial charge in [-0.25, -0.2) is 9.00 Å². The molecule has 139 heavy (non-hydrogen) atoms. The van der Waals surface area contributed by atoms with E-state index in [9.17, 15) is 13.8 Å². The predicted octanol–water partition coefficient (Wildman–Crippen LogP) is 41.7. The maximum absolute atomic E-state index is 12.3. The van der Waals surface area contributed by atoms with E-state index in [1.165, 1.54) is 65.4 Å². The lowest BCUT2D eigenvalue weighted by atomic mass is 9.88. The summed E-state index contributed by atoms with van der Waals surface area (Å²) in [5.74, 6) is 9.11. The van der Waals surface area contributed by atoms with Crippen LogP contribution in [-0.2, 0) is 10.8 Å². The number of allylic oxidation sites excluding steroid dienone is 5. The summed E-state index contributed by atoms with van der Waals surface area (Å²) in [4.78, 5) is 28.4. The summed E-state index contributed by atoms with van der Waals surface area (Å²) in [6.45, 7) is 89.0. The second kappa shape index (κ2) is 93.7. The van der Waals surface area contributed by atoms with Gasteiger partial charge in [0.05, 0.1) is 16.4 Å². The summed E-state index contributed by atoms with van der Waals surface area (Å²) in [5, 5.41) is 0. The molecule has 0 saturated heterocycles. The van der Waals surface area contributed by atoms with Gasteiger partial charge in [-0.05, 0) is 291 Å². The summed E-state index contributed by atoms with van der Waals surface area (Å²) in [5.41, 5.74) is 23.4. The molecule has 0 N–H and O–H groups in total. The molecule has 0 fully saturated rings. The highest BCUT2D eigenvalue weighted by Gasteiger charge is 2.14. The van der Waals surface area contributed by atoms with Crippen LogP contribution >= 0.6 is 11.8 Å². The molecule has 0 saturated carbocycles. The molecule has 756 valence electrons. The highest BCUT2D eigenvalue weighted by molar-refractivity contribution is 7.99. The molecule has 7 heteroatoms. The van der Waals surface area contributed by atoms with Crippen molar-refractivity contribution >= 4 is 39.9 Å². The molecule has 14 rings (SSSR count). The third-order valence-corrected chi connectivity index (χ3v) is 19.6. The van der Waals surface area contributed by atoms with E-state index in [2.05, 4.69) is 201 Å². The molecule has 0 bridgehead atoms. The summed E-state index contributed by atoms with van der Waals surface area (Å²) >= 11 is 1.82. The van der Waals surface area contributed by atoms with Crippen LogP contribution in [0.4, 0.5) is 0 Å². The molecule has 0 radical (unpaired) electrons. The molecule has 0 amide bonds. The van der Waals surface area contributed by atoms with E-state index >= 15 is 0 Å². The fraction of sp³-hybridized carbons (Fsp3) is 0.333. The predicted molar refractivity (Wildman–Crippen MR) is 627 cm³/mol. The lowest BCUT2D eigenvalue weighted by Crippen LogP contribution is -2.08. The number of carbonyl (C=O) groups excluding carboxylic acids is 2. The van der Waals surface area contributed by atoms with Gasteiger partial charge in [-0.3, -0.25) is 4.79 Å². The first-order chi connectivity index (χ1) is 67.4. The molecule has 1 aliphatic carbocycles. The van der Waals surface area contributed by atoms with Crippen molar-refractivity contribution in [2.45, 2.75) is 317 Å². The number of hydrogen-bond donors (Lipinski definition) is 0. The van der Waals surface area contributed by atoms with E-state index < -0.39 is 10.8 Å². The molecular formula is C132H186O5S2. The Bertz CT molecular complexity index is 5010. The monoisotopic (exact) mass is 1920 g/mol. The van der Waals surface area contributed by atoms with Crippen molar-refractivity contribution < 1.29 is 23.3 Å². The second-order valence-corrected chi connectivity index (χ2v) is 30.7. The van der Waals surface area contributed by atoms with Gasteiger partial charge < -0.3 is 9.47 Å². The van der Waals surface area contributed by atoms with Gasteiger partial charge in [-0.2, -0.15) is 0 Å². The molecular weight excluding hydrogens is 1730 g/mol. The van der Waals surface area contributed by atoms with Crippen LogP contribution in [0.1, 0.15) is 323 Å². The molecule has 13 aromatic rings. The van der Waals surface area contributed by atoms with Crippen molar-refractivity contribution in [3.8, 4) is 29.1 Å². The average Bonchev–Trinajstić information content (AvgIpc) is 0.870. The first kappa shape index (κ1) is 140. The first-order valence-corrected chi connectivity index (χ1v) is 53.3. The van der Waals surface area contributed by atoms with Gasteiger partial charge in [0.25, 0.3) is 0 Å². The van der Waals surface area contributed by atoms with E-state index in [1.54, 1.807) is 12.1 Å². The fourth-order valence-electron chi connectivity index (χ4n) is 11.6. The maximum atomic E-state index is 12.3. The zero-order valence-electron chi connectivity index (χ0n) is 94.6. The highest BCUT2D eigenvalue weighted by atomic mass is 32.2. The summed E-state index contributed by atoms with van der Waals surface area (Å²) < 4.78 is 23.3. The fourth-order valence-corrected chi connectivity index (χ4v) is 13.9. The molecule has 1 aliphatic rings. The third kappa shape index (κ3) is 64.8. The summed E-state index contributed by atoms with van der Waals surface area (Å²) in [6, 6.07) is 104. The molecule has 0 aromatic heterocycles. The van der Waals surface area contributed by atoms with Crippen LogP contribution in [0.25, 0.3) is 5.57 Å². The van der Waals surface area contributed by atoms with Crippen LogP contribution in [0.15, 0.2) is 365 Å². The van der Waals surface area contributed by atoms with Gasteiger partial charge in [0.15, 0.2) is 5.78 Å². The molecule has 0 spiro atoms. The molecule has 0 aliphatic heterocycles. The third-order valence-electron chi connectivity index (χ3n) is 17.3. The Kier molecular flexibility index (Phi) is 94.5. The van der Waals surface area contributed by atoms with Crippen LogP contribution in [0, 0.1) is 108 Å². The zero-order valence-corrected chi connectivity index (χ0v) is 96.2. The van der Waals surface area contributed by atoms with E-state index in [0.29, 0.717) is 17.2 Å². The number of rotatable bonds is 12. The molecule has 13 aromatic carbocycles. The van der Waals surface area contributed by atoms with Crippen molar-refractivity contribution in [2.75, 3.05) is 0 Å². The summed E-state index contributed by atoms with van der Waals surface area (Å²) in [7, 11) is -1.07. The molecule has 0 heterocycles. The number of carbonyl (C=O) groups is 2. The van der Waals surface area contributed by atoms with Crippen LogP contribution in [-0.4, -0.2) is 16.0 Å². The number of ketones is 1. The quantitative estimate of drug-likeness (QED) is 0.0525. The Balaban J connectivity index is -0.000000280. The van der Waals surface area contributed by atoms with Crippen molar-refractivity contribution in [1.82, 2.24) is 0 Å². The van der Waals surface area contributed by atoms with Crippen LogP contribution in [0.3, 0.4) is 0 Å². The summed E-state index contributed by atoms with van der Waals surface area (Å²) in [6.07, 6.45) is 7.67. The number of aryl methyl sites for hydroxylation is 13. The number of ether oxygens (including phenoxy) is 2. The van der Waals surface area contributed by atoms with E-state index in [4.69, 9.17) is 9.47 Å². The van der Waals surface area contributed by atoms with E-state index in [0.717, 1.165) is 83.3 Å². The van der Waals surface area contributed by atoms with Gasteiger partial charge in [0.1, 0.15) is 17.2 Å². The molecule has 1 atom stereocenters. The minimum Gasteiger partial charge on any atom is -0.457 e. The van der Waals surface area contributed by atoms with Gasteiger partial charge >= 0.3 is 5.97 Å². The Labute approximate surface area is 860 Å². The van der Waals surface area contributed by atoms with Gasteiger partial charge in [-0.1, -0.05) is 465 Å². The smallest absolute Gasteiger partial charge is 0.343 e. The second-order valence-electron chi connectivity index (χ2n) is 28.1. The van der Waals surface area contributed by atoms with Crippen LogP contribution in [0.2, 0.25) is 0 Å². The van der Waals surface area contributed by atoms with Crippen LogP contribution < -0.4 is 9.47 Å². The van der Waals surface area contributed by atoms with Gasteiger partial charge in [0, 0.05) is 41.8 Å². The van der Waals surface area contributed by atoms with Crippen molar-refractivity contribution in [3.05, 3.63) is 452 Å². The highest BCUT2D eigenvalue weighted by Crippen LogP contribution is 2.32. The molecule has 5 nitrogen and oxygen atoms in total. The van der Waals surface area contributed by atoms with Gasteiger partial charge in [-0.15, -0.1) is 0 Å². The largest absolute Gasteiger partial charge is 0.457 e. The Morgan fingerprint density at radius 3 is 0.856 bits per heavy atom. The van der Waals surface area contributed by atoms with E-state index in [-0.39, 0.29) is 11.8 Å². The van der Waals surface area contributed by atoms with Crippen LogP contribution in [0.5, 0.6) is 17.2 Å². The SMILES string of the molecule is C=C(C1=CC=CC(C)C1)c1cccc(C)c1.CC.CC.CC.CC.CC.CC.CC.CC.CC.CC.CC.CC.CC.CC.Cc1cccc(C#Cc2cccc(C)c2)c1.Cc1cccc(C(=O)c2cccc(C)c2)c1.Cc1cccc(OC(=O)c2cccc(C)c2)c1.Cc1cccc(Oc2cccc(C)c2)c1.Cc1cccc(S(=O)c2cccc(C)c2)c1.Cc1cccc(Sc2cccc(C)c2)c1. The Hall–Kier alpha value is -11.9. The van der Waals surface area contributed by atoms with Crippen molar-refractivity contribution in [1.29, 1.82) is 0 Å². The van der Waals surface area contributed by atoms with Crippen molar-refractivity contribution in [2.24, 2.45) is 5.92 Å². The maximum Gasteiger partial charge on any atom is 0.343 e. The average molecular weight is 1920 g/mol. The van der Waals surface area contributed by atoms with E-state index in [1.807, 2.05) is 441 Å². The lowest BCUT2D eigenvalue weighted by molar-refractivity contribution is 0.0734. The lowest BCUT2D eigenvalue weighted by Gasteiger charge is -2.17. The minimum absolute atomic E-state index is 0.0902. The first-order valence-electron chi connectivity index (χ1n) is 51.4. The standard InChI is InChI=1S/C16H18.C16H14.C15H14O2.C15H14O.C14H14OS.C14H14O.C14H14S.14C2H6/c1-12-6-4-8-15(10-12)14(3)16-9-5-7-13(2)11-16;1-13-5-3-7-15(11-13)9-10-16-8-4-6-14(2)12-16;1-11-5-3-7-13(9-11)15(16)17-14-8-4-6-12(2)10-14;1-11-5-3-7-13(9-11)15(16)14-8-4-6-12(2)10-14;1-11-5-3-7-13(9-11)16(15)14-8-4-6-12(2)10-14;2*1-11-5-3-7-13(9-11)15-14-8-4-6-12(2)10-14;14*1-2/h4-10,13H,3,11H2,1-2H3;3-8,11-12H,1-2H3;3-10H,1-2H3;2*3-10H,1-2H3;2*3-10H,1-2H3;14*1-2H3. The normalized spacial score (nSPS) is 9.72. The topological polar surface area (TPSA) is 69.7 Å². The minimum atomic E-state index is -1.07.